The van der Waals surface area contributed by atoms with Gasteiger partial charge in [-0.2, -0.15) is 0 Å². The van der Waals surface area contributed by atoms with E-state index in [0.717, 1.165) is 16.2 Å². The Hall–Kier alpha value is -4.94. The van der Waals surface area contributed by atoms with Crippen LogP contribution in [0.5, 0.6) is 0 Å². The maximum absolute atomic E-state index is 13.1. The van der Waals surface area contributed by atoms with Crippen LogP contribution in [0, 0.1) is 0 Å². The van der Waals surface area contributed by atoms with Crippen molar-refractivity contribution in [3.05, 3.63) is 82.3 Å². The first kappa shape index (κ1) is 32.5. The number of nitrogens with two attached hydrogens (primary N) is 1. The van der Waals surface area contributed by atoms with Crippen molar-refractivity contribution in [2.24, 2.45) is 5.16 Å². The van der Waals surface area contributed by atoms with Gasteiger partial charge in [0.15, 0.2) is 10.8 Å². The molecule has 1 fully saturated rings. The van der Waals surface area contributed by atoms with Gasteiger partial charge in [0.05, 0.1) is 12.6 Å². The number of carbonyl (C=O) groups is 5. The Morgan fingerprint density at radius 2 is 1.83 bits per heavy atom. The number of pyridine rings is 1. The van der Waals surface area contributed by atoms with Crippen molar-refractivity contribution in [3.63, 3.8) is 0 Å². The molecule has 3 aromatic rings. The first-order chi connectivity index (χ1) is 22.0. The number of thioether (sulfide) groups is 2. The summed E-state index contributed by atoms with van der Waals surface area (Å²) in [5, 5.41) is 27.9. The Bertz CT molecular complexity index is 1780. The minimum Gasteiger partial charge on any atom is -0.478 e. The highest BCUT2D eigenvalue weighted by molar-refractivity contribution is 8.01. The van der Waals surface area contributed by atoms with E-state index in [1.807, 2.05) is 0 Å². The number of rotatable bonds is 11. The topological polar surface area (TPSA) is 209 Å². The molecule has 5 N–H and O–H groups in total. The molecule has 1 saturated heterocycles. The molecule has 5 rings (SSSR count). The Kier molecular flexibility index (Phi) is 9.59. The maximum atomic E-state index is 13.1. The third-order valence-electron chi connectivity index (χ3n) is 6.91. The number of amides is 3. The Balaban J connectivity index is 1.23. The molecular weight excluding hydrogens is 659 g/mol. The number of benzene rings is 1. The normalized spacial score (nSPS) is 17.6. The number of aromatic carboxylic acids is 1. The molecule has 0 unspecified atom stereocenters. The number of fused-ring (bicyclic) bond motifs is 1. The van der Waals surface area contributed by atoms with E-state index in [1.54, 1.807) is 36.3 Å². The van der Waals surface area contributed by atoms with Gasteiger partial charge in [-0.15, -0.1) is 39.9 Å². The summed E-state index contributed by atoms with van der Waals surface area (Å²) >= 11 is 3.81. The lowest BCUT2D eigenvalue weighted by Crippen LogP contribution is -2.71. The number of oxime groups is 1. The number of carbonyl (C=O) groups excluding carboxylic acids is 3. The van der Waals surface area contributed by atoms with Gasteiger partial charge >= 0.3 is 17.8 Å². The van der Waals surface area contributed by atoms with Crippen molar-refractivity contribution in [2.75, 3.05) is 36.4 Å². The number of nitrogen functional groups attached to an aromatic ring is 1. The van der Waals surface area contributed by atoms with Gasteiger partial charge in [-0.3, -0.25) is 19.3 Å². The molecule has 0 bridgehead atoms. The van der Waals surface area contributed by atoms with Gasteiger partial charge in [0.2, 0.25) is 12.4 Å². The van der Waals surface area contributed by atoms with Crippen molar-refractivity contribution < 1.29 is 43.7 Å². The number of aliphatic carboxylic acids is 1. The summed E-state index contributed by atoms with van der Waals surface area (Å²) in [6.07, 6.45) is 3.33. The summed E-state index contributed by atoms with van der Waals surface area (Å²) in [4.78, 5) is 73.1. The largest absolute Gasteiger partial charge is 0.478 e. The average molecular weight is 685 g/mol. The Labute approximate surface area is 273 Å². The van der Waals surface area contributed by atoms with Gasteiger partial charge in [-0.05, 0) is 29.8 Å². The predicted molar refractivity (Wildman–Crippen MR) is 169 cm³/mol. The zero-order valence-corrected chi connectivity index (χ0v) is 26.6. The van der Waals surface area contributed by atoms with E-state index in [0.29, 0.717) is 16.9 Å². The molecule has 0 spiro atoms. The maximum Gasteiger partial charge on any atom is 0.352 e. The summed E-state index contributed by atoms with van der Waals surface area (Å²) in [5.41, 5.74) is 6.51. The monoisotopic (exact) mass is 684 g/mol. The van der Waals surface area contributed by atoms with Crippen LogP contribution in [-0.2, 0) is 19.2 Å². The third-order valence-corrected chi connectivity index (χ3v) is 10.0. The van der Waals surface area contributed by atoms with E-state index < -0.39 is 35.2 Å². The average Bonchev–Trinajstić information content (AvgIpc) is 3.49. The van der Waals surface area contributed by atoms with Gasteiger partial charge in [0.1, 0.15) is 29.9 Å². The number of anilines is 1. The Morgan fingerprint density at radius 3 is 2.41 bits per heavy atom. The van der Waals surface area contributed by atoms with E-state index in [1.165, 1.54) is 70.2 Å². The first-order valence-electron chi connectivity index (χ1n) is 13.3. The molecule has 2 aromatic heterocycles. The molecule has 2 atom stereocenters. The second-order valence-electron chi connectivity index (χ2n) is 9.73. The zero-order chi connectivity index (χ0) is 33.1. The smallest absolute Gasteiger partial charge is 0.352 e. The molecule has 0 saturated carbocycles. The van der Waals surface area contributed by atoms with Crippen LogP contribution >= 0.6 is 34.9 Å². The van der Waals surface area contributed by atoms with Crippen molar-refractivity contribution >= 4 is 75.4 Å². The zero-order valence-electron chi connectivity index (χ0n) is 24.1. The molecule has 4 heterocycles. The van der Waals surface area contributed by atoms with Gasteiger partial charge < -0.3 is 26.1 Å². The molecule has 238 valence electrons. The van der Waals surface area contributed by atoms with Crippen LogP contribution in [0.3, 0.4) is 0 Å². The SMILES string of the molecule is CO/N=C(/C(=O)N[C@@H]1C(=O)N2C(C(=O)O)=C(CSc3cc[n+](N(C)C(=O)c4ccc(C(=O)O)cc4)cc3)CS[C@H]12)c1csc(N)n1. The number of β-lactam (4-membered cyclic amide) rings is 1. The van der Waals surface area contributed by atoms with Crippen LogP contribution in [-0.4, -0.2) is 92.5 Å². The van der Waals surface area contributed by atoms with E-state index in [9.17, 15) is 29.1 Å². The molecule has 1 aromatic carbocycles. The third kappa shape index (κ3) is 6.53. The van der Waals surface area contributed by atoms with E-state index in [-0.39, 0.29) is 39.5 Å². The van der Waals surface area contributed by atoms with Crippen LogP contribution in [0.1, 0.15) is 26.4 Å². The number of hydrogen-bond donors (Lipinski definition) is 4. The summed E-state index contributed by atoms with van der Waals surface area (Å²) < 4.78 is 1.56. The molecule has 46 heavy (non-hydrogen) atoms. The number of nitrogens with one attached hydrogen (secondary N) is 1. The second-order valence-corrected chi connectivity index (χ2v) is 12.8. The molecule has 2 aliphatic rings. The fourth-order valence-electron chi connectivity index (χ4n) is 4.61. The highest BCUT2D eigenvalue weighted by Gasteiger charge is 2.54. The lowest BCUT2D eigenvalue weighted by Gasteiger charge is -2.49. The van der Waals surface area contributed by atoms with Crippen LogP contribution in [0.25, 0.3) is 0 Å². The quantitative estimate of drug-likeness (QED) is 0.0733. The van der Waals surface area contributed by atoms with E-state index >= 15 is 0 Å². The summed E-state index contributed by atoms with van der Waals surface area (Å²) in [7, 11) is 2.83. The minimum absolute atomic E-state index is 0.0757. The molecule has 3 amide bonds. The van der Waals surface area contributed by atoms with Crippen molar-refractivity contribution in [1.29, 1.82) is 0 Å². The molecule has 18 heteroatoms. The summed E-state index contributed by atoms with van der Waals surface area (Å²) in [6, 6.07) is 8.15. The predicted octanol–water partition coefficient (Wildman–Crippen LogP) is 1.00. The number of carboxylic acids is 2. The minimum atomic E-state index is -1.25. The fourth-order valence-corrected chi connectivity index (χ4v) is 7.53. The Morgan fingerprint density at radius 1 is 1.15 bits per heavy atom. The van der Waals surface area contributed by atoms with Crippen molar-refractivity contribution in [2.45, 2.75) is 16.3 Å². The van der Waals surface area contributed by atoms with E-state index in [2.05, 4.69) is 15.5 Å². The highest BCUT2D eigenvalue weighted by atomic mass is 32.2. The number of aromatic nitrogens is 2. The number of hydrogen-bond acceptors (Lipinski definition) is 12. The van der Waals surface area contributed by atoms with Gasteiger partial charge in [0.25, 0.3) is 11.8 Å². The fraction of sp³-hybridized carbons (Fsp3) is 0.214. The highest BCUT2D eigenvalue weighted by Crippen LogP contribution is 2.41. The summed E-state index contributed by atoms with van der Waals surface area (Å²) in [5.74, 6) is -3.35. The number of nitrogens with zero attached hydrogens (tertiary/aromatic N) is 5. The van der Waals surface area contributed by atoms with Crippen LogP contribution in [0.4, 0.5) is 5.13 Å². The molecule has 15 nitrogen and oxygen atoms in total. The molecule has 2 aliphatic heterocycles. The first-order valence-corrected chi connectivity index (χ1v) is 16.2. The van der Waals surface area contributed by atoms with Crippen LogP contribution in [0.15, 0.2) is 75.5 Å². The van der Waals surface area contributed by atoms with Gasteiger partial charge in [-0.25, -0.2) is 14.6 Å². The lowest BCUT2D eigenvalue weighted by molar-refractivity contribution is -0.679. The number of thiazole rings is 1. The van der Waals surface area contributed by atoms with Gasteiger partial charge in [0, 0.05) is 39.5 Å². The van der Waals surface area contributed by atoms with Crippen LogP contribution < -0.4 is 20.7 Å². The summed E-state index contributed by atoms with van der Waals surface area (Å²) in [6.45, 7) is 0. The lowest BCUT2D eigenvalue weighted by atomic mass is 10.0. The number of carboxylic acid groups (broad SMARTS) is 2. The standard InChI is InChI=1S/C28H25N7O8S3/c1-33(23(37)14-3-5-15(6-4-14)26(39)40)34-9-7-17(8-10-34)44-11-16-12-45-25-20(24(38)35(25)21(16)27(41)42)31-22(36)19(32-43-2)18-13-46-28(29)30-18/h3-10,13,20,25H,11-12H2,1-2H3,(H4-,29,30,31,36,39,40,41,42)/p+1/b32-19+/t20-,25-/m1/s1. The van der Waals surface area contributed by atoms with Crippen molar-refractivity contribution in [3.8, 4) is 0 Å². The van der Waals surface area contributed by atoms with Crippen LogP contribution in [0.2, 0.25) is 0 Å². The van der Waals surface area contributed by atoms with Crippen molar-refractivity contribution in [1.82, 2.24) is 15.2 Å². The van der Waals surface area contributed by atoms with Gasteiger partial charge in [-0.1, -0.05) is 9.83 Å². The molecule has 0 radical (unpaired) electrons. The molecule has 0 aliphatic carbocycles. The van der Waals surface area contributed by atoms with E-state index in [4.69, 9.17) is 15.7 Å². The molecular formula is C28H26N7O8S3+. The second kappa shape index (κ2) is 13.6.